The van der Waals surface area contributed by atoms with E-state index in [1.165, 1.54) is 38.4 Å². The summed E-state index contributed by atoms with van der Waals surface area (Å²) in [6.07, 6.45) is 2.51. The second kappa shape index (κ2) is 27.8. The Bertz CT molecular complexity index is 982. The van der Waals surface area contributed by atoms with Crippen LogP contribution in [0.2, 0.25) is 0 Å². The standard InChI is InChI=1S/2C10H11NO3.2CH4N2O.2Cu.2H2O/c2*1-7(10(13)14)11-6-8-4-2-3-5-9(8)12;2*2-1(3)4;;;;/h2*2-7,12H,1H3,(H,13,14);2*(H4,2,3,4);;;2*1H2/q;;;;2*+2;;/p-2/t2*7-;;;;;;/m10....../s1. The average molecular weight is 668 g/mol. The predicted molar refractivity (Wildman–Crippen MR) is 133 cm³/mol. The minimum Gasteiger partial charge on any atom is -0.872 e. The second-order valence-corrected chi connectivity index (χ2v) is 6.43. The quantitative estimate of drug-likeness (QED) is 0.131. The molecule has 2 radical (unpaired) electrons. The molecule has 0 saturated heterocycles. The number of nitrogens with two attached hydrogens (primary N) is 4. The summed E-state index contributed by atoms with van der Waals surface area (Å²) in [6.45, 7) is 2.78. The van der Waals surface area contributed by atoms with Crippen molar-refractivity contribution in [1.82, 2.24) is 0 Å². The number of aliphatic imine (C=N–C) groups is 2. The van der Waals surface area contributed by atoms with Crippen LogP contribution in [0.25, 0.3) is 0 Å². The van der Waals surface area contributed by atoms with Crippen LogP contribution in [0.1, 0.15) is 25.0 Å². The number of carboxylic acid groups (broad SMARTS) is 2. The summed E-state index contributed by atoms with van der Waals surface area (Å²) >= 11 is 0. The van der Waals surface area contributed by atoms with E-state index in [2.05, 4.69) is 32.9 Å². The molecule has 0 heterocycles. The van der Waals surface area contributed by atoms with Crippen LogP contribution in [0.15, 0.2) is 58.5 Å². The van der Waals surface area contributed by atoms with Crippen LogP contribution in [0, 0.1) is 0 Å². The van der Waals surface area contributed by atoms with Crippen molar-refractivity contribution in [3.63, 3.8) is 0 Å². The summed E-state index contributed by atoms with van der Waals surface area (Å²) in [6, 6.07) is 9.00. The fourth-order valence-electron chi connectivity index (χ4n) is 1.68. The fraction of sp³-hybridized carbons (Fsp3) is 0.182. The number of carboxylic acids is 2. The molecule has 2 rings (SSSR count). The van der Waals surface area contributed by atoms with Crippen molar-refractivity contribution in [2.45, 2.75) is 25.9 Å². The van der Waals surface area contributed by atoms with E-state index in [1.807, 2.05) is 0 Å². The van der Waals surface area contributed by atoms with E-state index in [9.17, 15) is 30.0 Å². The molecule has 0 unspecified atom stereocenters. The van der Waals surface area contributed by atoms with Gasteiger partial charge in [-0.1, -0.05) is 48.5 Å². The van der Waals surface area contributed by atoms with E-state index in [-0.39, 0.29) is 56.6 Å². The van der Waals surface area contributed by atoms with Gasteiger partial charge in [0.2, 0.25) is 0 Å². The number of carbonyl (C=O) groups excluding carboxylic acids is 4. The number of hydrogen-bond acceptors (Lipinski definition) is 10. The SMILES string of the molecule is C[C@@H](N=Cc1ccccc1[O-])C(=O)[O-].C[C@H](N=Cc1ccccc1[O-])C(=O)[O-].NC(N)=O.NC(N)=O.[Cu+2].[Cu+2].[OH3+].[OH3+]. The van der Waals surface area contributed by atoms with Crippen LogP contribution < -0.4 is 43.4 Å². The van der Waals surface area contributed by atoms with Gasteiger partial charge in [-0.25, -0.2) is 9.59 Å². The molecular formula is C22H32Cu2N6O10+2. The molecule has 16 nitrogen and oxygen atoms in total. The Hall–Kier alpha value is -4.18. The molecule has 0 aliphatic carbocycles. The Balaban J connectivity index is -0.000000106. The topological polar surface area (TPSA) is 355 Å². The molecule has 0 fully saturated rings. The van der Waals surface area contributed by atoms with E-state index >= 15 is 0 Å². The first kappa shape index (κ1) is 48.8. The van der Waals surface area contributed by atoms with Crippen LogP contribution in [0.5, 0.6) is 11.5 Å². The minimum atomic E-state index is -1.26. The van der Waals surface area contributed by atoms with Gasteiger partial charge in [0, 0.05) is 12.4 Å². The molecule has 2 atom stereocenters. The third-order valence-corrected chi connectivity index (χ3v) is 3.39. The number of nitrogens with zero attached hydrogens (tertiary/aromatic N) is 2. The number of carbonyl (C=O) groups is 4. The molecule has 40 heavy (non-hydrogen) atoms. The molecule has 18 heteroatoms. The van der Waals surface area contributed by atoms with Crippen molar-refractivity contribution in [3.05, 3.63) is 59.7 Å². The third kappa shape index (κ3) is 28.4. The monoisotopic (exact) mass is 666 g/mol. The molecular weight excluding hydrogens is 635 g/mol. The maximum Gasteiger partial charge on any atom is 2.00 e. The molecule has 0 aromatic heterocycles. The zero-order valence-corrected chi connectivity index (χ0v) is 23.0. The van der Waals surface area contributed by atoms with Gasteiger partial charge in [-0.05, 0) is 25.0 Å². The molecule has 0 bridgehead atoms. The number of primary amides is 4. The van der Waals surface area contributed by atoms with Gasteiger partial charge >= 0.3 is 46.2 Å². The Morgan fingerprint density at radius 3 is 1.07 bits per heavy atom. The Morgan fingerprint density at radius 1 is 0.650 bits per heavy atom. The Morgan fingerprint density at radius 2 is 0.875 bits per heavy atom. The van der Waals surface area contributed by atoms with Gasteiger partial charge in [-0.2, -0.15) is 0 Å². The number of benzene rings is 2. The molecule has 2 aromatic carbocycles. The normalized spacial score (nSPS) is 10.2. The molecule has 0 aliphatic heterocycles. The Labute approximate surface area is 250 Å². The Kier molecular flexibility index (Phi) is 34.0. The number of hydrogen-bond donors (Lipinski definition) is 4. The summed E-state index contributed by atoms with van der Waals surface area (Å²) < 4.78 is 0. The van der Waals surface area contributed by atoms with Crippen molar-refractivity contribution in [2.75, 3.05) is 0 Å². The maximum absolute atomic E-state index is 11.1. The van der Waals surface area contributed by atoms with Crippen molar-refractivity contribution >= 4 is 36.4 Å². The van der Waals surface area contributed by atoms with Crippen LogP contribution in [0.4, 0.5) is 9.59 Å². The summed E-state index contributed by atoms with van der Waals surface area (Å²) in [5, 5.41) is 42.9. The number of urea groups is 2. The first-order chi connectivity index (χ1) is 16.7. The first-order valence-corrected chi connectivity index (χ1v) is 9.78. The zero-order valence-electron chi connectivity index (χ0n) is 21.2. The van der Waals surface area contributed by atoms with Crippen molar-refractivity contribution < 1.29 is 84.7 Å². The van der Waals surface area contributed by atoms with E-state index < -0.39 is 36.1 Å². The van der Waals surface area contributed by atoms with Gasteiger partial charge in [0.15, 0.2) is 0 Å². The van der Waals surface area contributed by atoms with Gasteiger partial charge in [-0.3, -0.25) is 9.98 Å². The summed E-state index contributed by atoms with van der Waals surface area (Å²) in [7, 11) is 0. The largest absolute Gasteiger partial charge is 2.00 e. The van der Waals surface area contributed by atoms with Crippen LogP contribution in [-0.4, -0.2) is 48.5 Å². The zero-order chi connectivity index (χ0) is 28.3. The van der Waals surface area contributed by atoms with Crippen LogP contribution >= 0.6 is 0 Å². The number of aliphatic carboxylic acids is 2. The third-order valence-electron chi connectivity index (χ3n) is 3.39. The first-order valence-electron chi connectivity index (χ1n) is 9.78. The van der Waals surface area contributed by atoms with E-state index in [0.29, 0.717) is 11.1 Å². The molecule has 0 spiro atoms. The van der Waals surface area contributed by atoms with Gasteiger partial charge < -0.3 is 63.9 Å². The molecule has 2 aromatic rings. The van der Waals surface area contributed by atoms with Crippen molar-refractivity contribution in [3.8, 4) is 11.5 Å². The molecule has 4 amide bonds. The average Bonchev–Trinajstić information content (AvgIpc) is 2.77. The number of amides is 4. The molecule has 230 valence electrons. The molecule has 14 N–H and O–H groups in total. The minimum absolute atomic E-state index is 0. The number of rotatable bonds is 6. The fourth-order valence-corrected chi connectivity index (χ4v) is 1.68. The van der Waals surface area contributed by atoms with Crippen molar-refractivity contribution in [2.24, 2.45) is 32.9 Å². The van der Waals surface area contributed by atoms with E-state index in [1.54, 1.807) is 36.4 Å². The smallest absolute Gasteiger partial charge is 0.872 e. The van der Waals surface area contributed by atoms with Gasteiger partial charge in [0.1, 0.15) is 0 Å². The summed E-state index contributed by atoms with van der Waals surface area (Å²) in [5.41, 5.74) is 17.8. The van der Waals surface area contributed by atoms with Gasteiger partial charge in [0.05, 0.1) is 24.0 Å². The van der Waals surface area contributed by atoms with Crippen molar-refractivity contribution in [1.29, 1.82) is 0 Å². The van der Waals surface area contributed by atoms with Crippen LogP contribution in [-0.2, 0) is 54.7 Å². The summed E-state index contributed by atoms with van der Waals surface area (Å²) in [4.78, 5) is 45.9. The second-order valence-electron chi connectivity index (χ2n) is 6.43. The summed E-state index contributed by atoms with van der Waals surface area (Å²) in [5.74, 6) is -2.88. The van der Waals surface area contributed by atoms with Gasteiger partial charge in [0.25, 0.3) is 0 Å². The van der Waals surface area contributed by atoms with E-state index in [4.69, 9.17) is 9.59 Å². The molecule has 0 aliphatic rings. The maximum atomic E-state index is 11.1. The van der Waals surface area contributed by atoms with E-state index in [0.717, 1.165) is 0 Å². The van der Waals surface area contributed by atoms with Crippen LogP contribution in [0.3, 0.4) is 0 Å². The predicted octanol–water partition coefficient (Wildman–Crippen LogP) is -5.17. The van der Waals surface area contributed by atoms with Gasteiger partial charge in [-0.15, -0.1) is 11.5 Å². The number of para-hydroxylation sites is 2. The molecule has 0 saturated carbocycles.